The molecule has 0 saturated carbocycles. The monoisotopic (exact) mass is 415 g/mol. The fraction of sp³-hybridized carbons (Fsp3) is 0.273. The first kappa shape index (κ1) is 21.0. The Morgan fingerprint density at radius 2 is 1.41 bits per heavy atom. The van der Waals surface area contributed by atoms with E-state index in [0.717, 1.165) is 10.9 Å². The number of ether oxygens (including phenoxy) is 3. The van der Waals surface area contributed by atoms with Crippen LogP contribution in [0.5, 0.6) is 17.2 Å². The Labute approximate surface area is 171 Å². The number of hydrogen-bond acceptors (Lipinski definition) is 5. The molecule has 0 bridgehead atoms. The van der Waals surface area contributed by atoms with Crippen molar-refractivity contribution in [3.63, 3.8) is 0 Å². The summed E-state index contributed by atoms with van der Waals surface area (Å²) >= 11 is 0. The molecule has 0 N–H and O–H groups in total. The van der Waals surface area contributed by atoms with Gasteiger partial charge in [0, 0.05) is 23.9 Å². The van der Waals surface area contributed by atoms with Crippen LogP contribution >= 0.6 is 0 Å². The van der Waals surface area contributed by atoms with Crippen molar-refractivity contribution in [2.24, 2.45) is 0 Å². The molecule has 3 rings (SSSR count). The first-order chi connectivity index (χ1) is 14.0. The second kappa shape index (κ2) is 8.71. The van der Waals surface area contributed by atoms with Crippen molar-refractivity contribution in [1.82, 2.24) is 4.31 Å². The lowest BCUT2D eigenvalue weighted by atomic mass is 10.1. The van der Waals surface area contributed by atoms with Gasteiger partial charge in [-0.15, -0.1) is 0 Å². The Bertz CT molecular complexity index is 1110. The van der Waals surface area contributed by atoms with E-state index >= 15 is 0 Å². The second-order valence-corrected chi connectivity index (χ2v) is 8.34. The topological polar surface area (TPSA) is 65.1 Å². The molecule has 0 fully saturated rings. The van der Waals surface area contributed by atoms with E-state index in [-0.39, 0.29) is 11.4 Å². The first-order valence-corrected chi connectivity index (χ1v) is 10.7. The van der Waals surface area contributed by atoms with E-state index in [4.69, 9.17) is 14.2 Å². The molecule has 0 radical (unpaired) electrons. The van der Waals surface area contributed by atoms with Gasteiger partial charge < -0.3 is 14.2 Å². The van der Waals surface area contributed by atoms with E-state index in [0.29, 0.717) is 29.2 Å². The molecule has 154 valence electrons. The van der Waals surface area contributed by atoms with Gasteiger partial charge in [0.25, 0.3) is 0 Å². The molecule has 3 aromatic carbocycles. The Kier molecular flexibility index (Phi) is 6.30. The quantitative estimate of drug-likeness (QED) is 0.555. The van der Waals surface area contributed by atoms with Gasteiger partial charge in [0.15, 0.2) is 11.5 Å². The Balaban J connectivity index is 2.03. The Morgan fingerprint density at radius 1 is 0.793 bits per heavy atom. The van der Waals surface area contributed by atoms with Gasteiger partial charge in [-0.1, -0.05) is 37.3 Å². The molecule has 0 aromatic heterocycles. The van der Waals surface area contributed by atoms with Crippen LogP contribution in [-0.4, -0.2) is 40.6 Å². The van der Waals surface area contributed by atoms with Crippen LogP contribution in [0.2, 0.25) is 0 Å². The van der Waals surface area contributed by atoms with Crippen LogP contribution in [0.25, 0.3) is 10.8 Å². The molecule has 0 saturated heterocycles. The summed E-state index contributed by atoms with van der Waals surface area (Å²) < 4.78 is 44.4. The summed E-state index contributed by atoms with van der Waals surface area (Å²) in [5, 5.41) is 1.40. The van der Waals surface area contributed by atoms with Gasteiger partial charge in [-0.05, 0) is 29.8 Å². The third-order valence-corrected chi connectivity index (χ3v) is 6.82. The number of nitrogens with zero attached hydrogens (tertiary/aromatic N) is 1. The average Bonchev–Trinajstić information content (AvgIpc) is 2.76. The summed E-state index contributed by atoms with van der Waals surface area (Å²) in [4.78, 5) is 0.260. The normalized spacial score (nSPS) is 11.6. The van der Waals surface area contributed by atoms with Gasteiger partial charge in [0.1, 0.15) is 5.75 Å². The van der Waals surface area contributed by atoms with Gasteiger partial charge in [0.05, 0.1) is 26.2 Å². The largest absolute Gasteiger partial charge is 0.496 e. The molecule has 0 unspecified atom stereocenters. The summed E-state index contributed by atoms with van der Waals surface area (Å²) in [5.74, 6) is 1.80. The summed E-state index contributed by atoms with van der Waals surface area (Å²) in [7, 11) is 0.964. The maximum Gasteiger partial charge on any atom is 0.243 e. The fourth-order valence-electron chi connectivity index (χ4n) is 3.34. The minimum Gasteiger partial charge on any atom is -0.496 e. The molecule has 0 atom stereocenters. The summed E-state index contributed by atoms with van der Waals surface area (Å²) in [6, 6.07) is 16.1. The SMILES string of the molecule is CCN(Cc1ccc(OC)c(OC)c1)S(=O)(=O)c1ccc(OC)c2ccccc12. The summed E-state index contributed by atoms with van der Waals surface area (Å²) in [5.41, 5.74) is 0.811. The zero-order valence-corrected chi connectivity index (χ0v) is 17.8. The highest BCUT2D eigenvalue weighted by atomic mass is 32.2. The van der Waals surface area contributed by atoms with Crippen molar-refractivity contribution in [3.8, 4) is 17.2 Å². The van der Waals surface area contributed by atoms with E-state index in [2.05, 4.69) is 0 Å². The van der Waals surface area contributed by atoms with Crippen molar-refractivity contribution < 1.29 is 22.6 Å². The van der Waals surface area contributed by atoms with Crippen molar-refractivity contribution in [2.45, 2.75) is 18.4 Å². The summed E-state index contributed by atoms with van der Waals surface area (Å²) in [6.07, 6.45) is 0. The van der Waals surface area contributed by atoms with E-state index in [1.807, 2.05) is 31.2 Å². The molecule has 7 heteroatoms. The highest BCUT2D eigenvalue weighted by Gasteiger charge is 2.26. The lowest BCUT2D eigenvalue weighted by molar-refractivity contribution is 0.353. The number of hydrogen-bond donors (Lipinski definition) is 0. The van der Waals surface area contributed by atoms with E-state index in [9.17, 15) is 8.42 Å². The van der Waals surface area contributed by atoms with E-state index in [1.165, 1.54) is 4.31 Å². The molecule has 0 heterocycles. The van der Waals surface area contributed by atoms with Crippen molar-refractivity contribution in [1.29, 1.82) is 0 Å². The average molecular weight is 416 g/mol. The predicted molar refractivity (Wildman–Crippen MR) is 113 cm³/mol. The lowest BCUT2D eigenvalue weighted by Crippen LogP contribution is -2.30. The number of sulfonamides is 1. The van der Waals surface area contributed by atoms with Crippen molar-refractivity contribution >= 4 is 20.8 Å². The molecule has 29 heavy (non-hydrogen) atoms. The molecule has 6 nitrogen and oxygen atoms in total. The molecule has 0 spiro atoms. The zero-order valence-electron chi connectivity index (χ0n) is 17.0. The maximum atomic E-state index is 13.5. The van der Waals surface area contributed by atoms with Crippen LogP contribution in [0.4, 0.5) is 0 Å². The summed E-state index contributed by atoms with van der Waals surface area (Å²) in [6.45, 7) is 2.38. The molecule has 0 aliphatic rings. The van der Waals surface area contributed by atoms with Gasteiger partial charge in [-0.2, -0.15) is 4.31 Å². The molecule has 0 aliphatic carbocycles. The smallest absolute Gasteiger partial charge is 0.243 e. The van der Waals surface area contributed by atoms with Crippen LogP contribution in [-0.2, 0) is 16.6 Å². The van der Waals surface area contributed by atoms with Gasteiger partial charge >= 0.3 is 0 Å². The number of methoxy groups -OCH3 is 3. The van der Waals surface area contributed by atoms with Crippen LogP contribution in [0.1, 0.15) is 12.5 Å². The van der Waals surface area contributed by atoms with Crippen LogP contribution in [0.15, 0.2) is 59.5 Å². The highest BCUT2D eigenvalue weighted by Crippen LogP contribution is 2.33. The zero-order chi connectivity index (χ0) is 21.0. The Hall–Kier alpha value is -2.77. The number of fused-ring (bicyclic) bond motifs is 1. The number of rotatable bonds is 8. The minimum absolute atomic E-state index is 0.222. The maximum absolute atomic E-state index is 13.5. The van der Waals surface area contributed by atoms with Gasteiger partial charge in [0.2, 0.25) is 10.0 Å². The van der Waals surface area contributed by atoms with E-state index in [1.54, 1.807) is 51.7 Å². The van der Waals surface area contributed by atoms with Gasteiger partial charge in [-0.3, -0.25) is 0 Å². The third-order valence-electron chi connectivity index (χ3n) is 4.84. The molecule has 0 aliphatic heterocycles. The van der Waals surface area contributed by atoms with Crippen LogP contribution < -0.4 is 14.2 Å². The van der Waals surface area contributed by atoms with Crippen LogP contribution in [0, 0.1) is 0 Å². The first-order valence-electron chi connectivity index (χ1n) is 9.23. The molecular formula is C22H25NO5S. The standard InChI is InChI=1S/C22H25NO5S/c1-5-23(15-16-10-11-20(27-3)21(14-16)28-4)29(24,25)22-13-12-19(26-2)17-8-6-7-9-18(17)22/h6-14H,5,15H2,1-4H3. The van der Waals surface area contributed by atoms with E-state index < -0.39 is 10.0 Å². The van der Waals surface area contributed by atoms with Crippen molar-refractivity contribution in [2.75, 3.05) is 27.9 Å². The fourth-order valence-corrected chi connectivity index (χ4v) is 4.97. The Morgan fingerprint density at radius 3 is 2.03 bits per heavy atom. The molecular weight excluding hydrogens is 390 g/mol. The van der Waals surface area contributed by atoms with Gasteiger partial charge in [-0.25, -0.2) is 8.42 Å². The van der Waals surface area contributed by atoms with Crippen LogP contribution in [0.3, 0.4) is 0 Å². The molecule has 3 aromatic rings. The van der Waals surface area contributed by atoms with Crippen molar-refractivity contribution in [3.05, 3.63) is 60.2 Å². The second-order valence-electron chi connectivity index (χ2n) is 6.43. The highest BCUT2D eigenvalue weighted by molar-refractivity contribution is 7.89. The number of benzene rings is 3. The minimum atomic E-state index is -3.73. The third kappa shape index (κ3) is 4.02. The lowest BCUT2D eigenvalue weighted by Gasteiger charge is -2.22. The predicted octanol–water partition coefficient (Wildman–Crippen LogP) is 4.08. The molecule has 0 amide bonds.